The molecule has 5 nitrogen and oxygen atoms in total. The fourth-order valence-corrected chi connectivity index (χ4v) is 5.44. The quantitative estimate of drug-likeness (QED) is 0.345. The van der Waals surface area contributed by atoms with Crippen LogP contribution in [0.2, 0.25) is 0 Å². The summed E-state index contributed by atoms with van der Waals surface area (Å²) in [4.78, 5) is 4.34. The van der Waals surface area contributed by atoms with E-state index in [1.807, 2.05) is 11.8 Å². The summed E-state index contributed by atoms with van der Waals surface area (Å²) in [6.45, 7) is 6.00. The van der Waals surface area contributed by atoms with Crippen LogP contribution in [0.5, 0.6) is 0 Å². The molecule has 3 N–H and O–H groups in total. The molecule has 3 rings (SSSR count). The molecule has 0 radical (unpaired) electrons. The van der Waals surface area contributed by atoms with Gasteiger partial charge >= 0.3 is 0 Å². The number of thioether (sulfide) groups is 1. The van der Waals surface area contributed by atoms with Crippen molar-refractivity contribution in [1.29, 1.82) is 0 Å². The number of ether oxygens (including phenoxy) is 1. The Morgan fingerprint density at radius 1 is 1.43 bits per heavy atom. The van der Waals surface area contributed by atoms with Crippen LogP contribution < -0.4 is 10.6 Å². The molecule has 0 aromatic carbocycles. The third-order valence-corrected chi connectivity index (χ3v) is 6.75. The summed E-state index contributed by atoms with van der Waals surface area (Å²) >= 11 is 1.82. The zero-order valence-electron chi connectivity index (χ0n) is 14.3. The Balaban J connectivity index is 0.00000192. The molecule has 4 unspecified atom stereocenters. The molecule has 134 valence electrons. The number of rotatable bonds is 3. The average molecular weight is 455 g/mol. The van der Waals surface area contributed by atoms with Gasteiger partial charge in [-0.3, -0.25) is 4.99 Å². The van der Waals surface area contributed by atoms with Crippen molar-refractivity contribution in [2.45, 2.75) is 50.9 Å². The standard InChI is InChI=1S/C16H29N3O2S.HI/c1-15(2)12(11-5-4-7-21-13(11)15)19-14(17-3)18-9-16(20)6-8-22-10-16;/h11-13,20H,4-10H2,1-3H3,(H2,17,18,19);1H. The number of hydrogen-bond donors (Lipinski definition) is 3. The molecule has 0 bridgehead atoms. The molecule has 1 saturated carbocycles. The molecule has 0 aromatic rings. The Labute approximate surface area is 160 Å². The Morgan fingerprint density at radius 3 is 2.87 bits per heavy atom. The van der Waals surface area contributed by atoms with Crippen molar-refractivity contribution in [2.75, 3.05) is 31.7 Å². The van der Waals surface area contributed by atoms with E-state index in [0.717, 1.165) is 36.9 Å². The maximum absolute atomic E-state index is 10.4. The lowest BCUT2D eigenvalue weighted by Crippen LogP contribution is -2.71. The minimum atomic E-state index is -0.589. The third kappa shape index (κ3) is 3.93. The molecule has 3 fully saturated rings. The molecule has 3 aliphatic rings. The molecule has 4 atom stereocenters. The Hall–Kier alpha value is 0.270. The Kier molecular flexibility index (Phi) is 6.52. The molecule has 23 heavy (non-hydrogen) atoms. The highest BCUT2D eigenvalue weighted by atomic mass is 127. The number of aliphatic imine (C=N–C) groups is 1. The Morgan fingerprint density at radius 2 is 2.22 bits per heavy atom. The lowest BCUT2D eigenvalue weighted by molar-refractivity contribution is -0.188. The van der Waals surface area contributed by atoms with E-state index in [-0.39, 0.29) is 29.4 Å². The number of guanidine groups is 1. The predicted molar refractivity (Wildman–Crippen MR) is 107 cm³/mol. The number of hydrogen-bond acceptors (Lipinski definition) is 4. The van der Waals surface area contributed by atoms with Crippen LogP contribution in [0.4, 0.5) is 0 Å². The van der Waals surface area contributed by atoms with Gasteiger partial charge in [-0.1, -0.05) is 13.8 Å². The first-order valence-electron chi connectivity index (χ1n) is 8.35. The number of nitrogens with one attached hydrogen (secondary N) is 2. The second-order valence-electron chi connectivity index (χ2n) is 7.49. The van der Waals surface area contributed by atoms with Crippen molar-refractivity contribution < 1.29 is 9.84 Å². The van der Waals surface area contributed by atoms with Crippen LogP contribution in [0.1, 0.15) is 33.1 Å². The van der Waals surface area contributed by atoms with Crippen molar-refractivity contribution in [3.63, 3.8) is 0 Å². The van der Waals surface area contributed by atoms with Gasteiger partial charge in [0.25, 0.3) is 0 Å². The summed E-state index contributed by atoms with van der Waals surface area (Å²) < 4.78 is 5.95. The van der Waals surface area contributed by atoms with Gasteiger partial charge in [-0.25, -0.2) is 0 Å². The van der Waals surface area contributed by atoms with Crippen LogP contribution in [0.25, 0.3) is 0 Å². The number of aliphatic hydroxyl groups is 1. The minimum Gasteiger partial charge on any atom is -0.387 e. The zero-order chi connectivity index (χ0) is 15.8. The molecule has 7 heteroatoms. The molecule has 1 aliphatic carbocycles. The van der Waals surface area contributed by atoms with E-state index in [9.17, 15) is 5.11 Å². The highest BCUT2D eigenvalue weighted by molar-refractivity contribution is 14.0. The van der Waals surface area contributed by atoms with E-state index in [4.69, 9.17) is 4.74 Å². The average Bonchev–Trinajstić information content (AvgIpc) is 2.94. The van der Waals surface area contributed by atoms with E-state index < -0.39 is 5.60 Å². The van der Waals surface area contributed by atoms with Crippen molar-refractivity contribution in [1.82, 2.24) is 10.6 Å². The SMILES string of the molecule is CN=C(NCC1(O)CCSC1)NC1C2CCCOC2C1(C)C.I. The molecule has 2 heterocycles. The van der Waals surface area contributed by atoms with Gasteiger partial charge in [-0.2, -0.15) is 11.8 Å². The smallest absolute Gasteiger partial charge is 0.191 e. The first kappa shape index (κ1) is 19.6. The monoisotopic (exact) mass is 455 g/mol. The van der Waals surface area contributed by atoms with Gasteiger partial charge in [-0.05, 0) is 25.0 Å². The van der Waals surface area contributed by atoms with E-state index in [0.29, 0.717) is 24.6 Å². The summed E-state index contributed by atoms with van der Waals surface area (Å²) in [6.07, 6.45) is 3.60. The lowest BCUT2D eigenvalue weighted by atomic mass is 9.55. The first-order valence-corrected chi connectivity index (χ1v) is 9.51. The van der Waals surface area contributed by atoms with Crippen LogP contribution in [0, 0.1) is 11.3 Å². The van der Waals surface area contributed by atoms with Crippen molar-refractivity contribution >= 4 is 41.7 Å². The molecule has 2 saturated heterocycles. The van der Waals surface area contributed by atoms with Gasteiger partial charge in [0.15, 0.2) is 5.96 Å². The normalized spacial score (nSPS) is 39.0. The highest BCUT2D eigenvalue weighted by Crippen LogP contribution is 2.51. The zero-order valence-corrected chi connectivity index (χ0v) is 17.4. The fraction of sp³-hybridized carbons (Fsp3) is 0.938. The summed E-state index contributed by atoms with van der Waals surface area (Å²) in [7, 11) is 1.79. The number of halogens is 1. The van der Waals surface area contributed by atoms with Gasteiger partial charge in [0.2, 0.25) is 0 Å². The fourth-order valence-electron chi connectivity index (χ4n) is 4.14. The maximum atomic E-state index is 10.4. The second kappa shape index (κ2) is 7.66. The van der Waals surface area contributed by atoms with Gasteiger partial charge in [-0.15, -0.1) is 24.0 Å². The van der Waals surface area contributed by atoms with Crippen molar-refractivity contribution in [3.8, 4) is 0 Å². The minimum absolute atomic E-state index is 0. The lowest BCUT2D eigenvalue weighted by Gasteiger charge is -2.60. The summed E-state index contributed by atoms with van der Waals surface area (Å²) in [5, 5.41) is 17.3. The largest absolute Gasteiger partial charge is 0.387 e. The van der Waals surface area contributed by atoms with Crippen LogP contribution >= 0.6 is 35.7 Å². The van der Waals surface area contributed by atoms with E-state index in [1.54, 1.807) is 7.05 Å². The highest BCUT2D eigenvalue weighted by Gasteiger charge is 2.58. The number of fused-ring (bicyclic) bond motifs is 1. The Bertz CT molecular complexity index is 441. The topological polar surface area (TPSA) is 65.9 Å². The van der Waals surface area contributed by atoms with Crippen LogP contribution in [-0.2, 0) is 4.74 Å². The van der Waals surface area contributed by atoms with Crippen molar-refractivity contribution in [3.05, 3.63) is 0 Å². The molecular weight excluding hydrogens is 425 g/mol. The maximum Gasteiger partial charge on any atom is 0.191 e. The van der Waals surface area contributed by atoms with E-state index in [1.165, 1.54) is 6.42 Å². The van der Waals surface area contributed by atoms with Gasteiger partial charge < -0.3 is 20.5 Å². The van der Waals surface area contributed by atoms with Gasteiger partial charge in [0.1, 0.15) is 0 Å². The van der Waals surface area contributed by atoms with Crippen LogP contribution in [-0.4, -0.2) is 60.5 Å². The first-order chi connectivity index (χ1) is 10.5. The van der Waals surface area contributed by atoms with Crippen LogP contribution in [0.3, 0.4) is 0 Å². The van der Waals surface area contributed by atoms with Gasteiger partial charge in [0.05, 0.1) is 11.7 Å². The molecule has 2 aliphatic heterocycles. The van der Waals surface area contributed by atoms with E-state index >= 15 is 0 Å². The molecule has 0 amide bonds. The van der Waals surface area contributed by atoms with E-state index in [2.05, 4.69) is 29.5 Å². The third-order valence-electron chi connectivity index (χ3n) is 5.51. The number of nitrogens with zero attached hydrogens (tertiary/aromatic N) is 1. The predicted octanol–water partition coefficient (Wildman–Crippen LogP) is 1.84. The molecular formula is C16H30IN3O2S. The van der Waals surface area contributed by atoms with Gasteiger partial charge in [0, 0.05) is 43.3 Å². The molecule has 0 aromatic heterocycles. The summed E-state index contributed by atoms with van der Waals surface area (Å²) in [5.41, 5.74) is -0.462. The summed E-state index contributed by atoms with van der Waals surface area (Å²) in [5.74, 6) is 3.23. The molecule has 0 spiro atoms. The van der Waals surface area contributed by atoms with Crippen LogP contribution in [0.15, 0.2) is 4.99 Å². The summed E-state index contributed by atoms with van der Waals surface area (Å²) in [6, 6.07) is 0.386. The van der Waals surface area contributed by atoms with Crippen molar-refractivity contribution in [2.24, 2.45) is 16.3 Å². The second-order valence-corrected chi connectivity index (χ2v) is 8.60.